The van der Waals surface area contributed by atoms with Gasteiger partial charge in [0, 0.05) is 6.42 Å². The second-order valence-electron chi connectivity index (χ2n) is 13.5. The molecule has 35 heavy (non-hydrogen) atoms. The zero-order valence-corrected chi connectivity index (χ0v) is 23.0. The summed E-state index contributed by atoms with van der Waals surface area (Å²) in [5.41, 5.74) is 2.27. The molecule has 0 radical (unpaired) electrons. The lowest BCUT2D eigenvalue weighted by Gasteiger charge is -2.58. The molecule has 1 unspecified atom stereocenters. The van der Waals surface area contributed by atoms with Gasteiger partial charge in [-0.15, -0.1) is 0 Å². The minimum absolute atomic E-state index is 0.0236. The van der Waals surface area contributed by atoms with E-state index in [1.165, 1.54) is 56.9 Å². The molecule has 0 saturated heterocycles. The Balaban J connectivity index is 1.40. The molecule has 3 saturated carbocycles. The number of allylic oxidation sites excluding steroid dienone is 1. The quantitative estimate of drug-likeness (QED) is 0.267. The van der Waals surface area contributed by atoms with Gasteiger partial charge in [0.2, 0.25) is 0 Å². The molecule has 4 rings (SSSR count). The van der Waals surface area contributed by atoms with Crippen LogP contribution in [0.3, 0.4) is 0 Å². The number of hydrogen-bond donors (Lipinski definition) is 1. The van der Waals surface area contributed by atoms with Gasteiger partial charge in [-0.25, -0.2) is 0 Å². The van der Waals surface area contributed by atoms with E-state index in [4.69, 9.17) is 9.84 Å². The summed E-state index contributed by atoms with van der Waals surface area (Å²) in [6.45, 7) is 12.4. The van der Waals surface area contributed by atoms with Crippen LogP contribution < -0.4 is 0 Å². The third-order valence-corrected chi connectivity index (χ3v) is 11.1. The van der Waals surface area contributed by atoms with E-state index in [2.05, 4.69) is 40.7 Å². The number of carboxylic acids is 1. The first-order valence-electron chi connectivity index (χ1n) is 14.7. The number of hydrogen-bond acceptors (Lipinski definition) is 3. The van der Waals surface area contributed by atoms with Gasteiger partial charge in [-0.3, -0.25) is 9.59 Å². The number of carbonyl (C=O) groups is 2. The van der Waals surface area contributed by atoms with E-state index in [-0.39, 0.29) is 30.3 Å². The zero-order chi connectivity index (χ0) is 25.4. The molecule has 8 atom stereocenters. The number of aliphatic carboxylic acids is 1. The van der Waals surface area contributed by atoms with Gasteiger partial charge < -0.3 is 9.84 Å². The molecule has 0 bridgehead atoms. The van der Waals surface area contributed by atoms with E-state index >= 15 is 0 Å². The van der Waals surface area contributed by atoms with Crippen LogP contribution in [-0.4, -0.2) is 23.1 Å². The van der Waals surface area contributed by atoms with Gasteiger partial charge in [0.25, 0.3) is 0 Å². The SMILES string of the molecule is CC(C)CCC[C@@H](C)[C@H]1CC[C@H]2[C@@H]3CC=C4C[C@@H](OC(=O)CCC(=O)O)CC[C@]4(C)[C@H]3CCC12C. The fourth-order valence-electron chi connectivity index (χ4n) is 9.21. The lowest BCUT2D eigenvalue weighted by molar-refractivity contribution is -0.154. The Bertz CT molecular complexity index is 815. The van der Waals surface area contributed by atoms with Crippen molar-refractivity contribution in [1.82, 2.24) is 0 Å². The molecule has 0 spiro atoms. The van der Waals surface area contributed by atoms with Gasteiger partial charge in [-0.2, -0.15) is 0 Å². The lowest BCUT2D eigenvalue weighted by atomic mass is 9.47. The second kappa shape index (κ2) is 10.6. The zero-order valence-electron chi connectivity index (χ0n) is 23.0. The Labute approximate surface area is 213 Å². The summed E-state index contributed by atoms with van der Waals surface area (Å²) >= 11 is 0. The molecule has 1 N–H and O–H groups in total. The molecule has 4 aliphatic carbocycles. The molecule has 0 aromatic carbocycles. The number of ether oxygens (including phenoxy) is 1. The number of carboxylic acid groups (broad SMARTS) is 1. The Morgan fingerprint density at radius 2 is 1.80 bits per heavy atom. The summed E-state index contributed by atoms with van der Waals surface area (Å²) in [6, 6.07) is 0. The molecular formula is C31H50O4. The number of fused-ring (bicyclic) bond motifs is 5. The maximum absolute atomic E-state index is 12.1. The summed E-state index contributed by atoms with van der Waals surface area (Å²) < 4.78 is 5.70. The highest BCUT2D eigenvalue weighted by molar-refractivity contribution is 5.76. The van der Waals surface area contributed by atoms with E-state index in [0.717, 1.165) is 54.8 Å². The predicted molar refractivity (Wildman–Crippen MR) is 140 cm³/mol. The monoisotopic (exact) mass is 486 g/mol. The molecule has 4 nitrogen and oxygen atoms in total. The highest BCUT2D eigenvalue weighted by Crippen LogP contribution is 2.67. The van der Waals surface area contributed by atoms with Crippen molar-refractivity contribution < 1.29 is 19.4 Å². The van der Waals surface area contributed by atoms with Crippen LogP contribution in [0.25, 0.3) is 0 Å². The van der Waals surface area contributed by atoms with Crippen molar-refractivity contribution in [3.8, 4) is 0 Å². The second-order valence-corrected chi connectivity index (χ2v) is 13.5. The van der Waals surface area contributed by atoms with Crippen molar-refractivity contribution in [2.75, 3.05) is 0 Å². The maximum atomic E-state index is 12.1. The molecule has 4 aliphatic rings. The molecule has 3 fully saturated rings. The Morgan fingerprint density at radius 1 is 1.03 bits per heavy atom. The average molecular weight is 487 g/mol. The van der Waals surface area contributed by atoms with Crippen LogP contribution in [0.15, 0.2) is 11.6 Å². The van der Waals surface area contributed by atoms with Crippen molar-refractivity contribution in [3.05, 3.63) is 11.6 Å². The van der Waals surface area contributed by atoms with Crippen LogP contribution in [0.4, 0.5) is 0 Å². The van der Waals surface area contributed by atoms with Gasteiger partial charge in [-0.05, 0) is 91.3 Å². The Kier molecular flexibility index (Phi) is 8.08. The molecule has 4 heteroatoms. The van der Waals surface area contributed by atoms with E-state index in [1.807, 2.05) is 0 Å². The van der Waals surface area contributed by atoms with Crippen LogP contribution in [0.1, 0.15) is 118 Å². The normalized spacial score (nSPS) is 39.3. The molecule has 0 aromatic rings. The van der Waals surface area contributed by atoms with Crippen LogP contribution in [0.5, 0.6) is 0 Å². The summed E-state index contributed by atoms with van der Waals surface area (Å²) in [7, 11) is 0. The van der Waals surface area contributed by atoms with Crippen LogP contribution >= 0.6 is 0 Å². The molecule has 0 aromatic heterocycles. The van der Waals surface area contributed by atoms with E-state index in [0.29, 0.717) is 5.41 Å². The maximum Gasteiger partial charge on any atom is 0.306 e. The first-order chi connectivity index (χ1) is 16.5. The number of rotatable bonds is 9. The van der Waals surface area contributed by atoms with Crippen molar-refractivity contribution in [3.63, 3.8) is 0 Å². The van der Waals surface area contributed by atoms with Crippen molar-refractivity contribution in [2.24, 2.45) is 46.3 Å². The average Bonchev–Trinajstić information content (AvgIpc) is 3.15. The van der Waals surface area contributed by atoms with Crippen LogP contribution in [0, 0.1) is 46.3 Å². The number of carbonyl (C=O) groups excluding carboxylic acids is 1. The molecule has 0 heterocycles. The fraction of sp³-hybridized carbons (Fsp3) is 0.871. The smallest absolute Gasteiger partial charge is 0.306 e. The standard InChI is InChI=1S/C31H50O4/c1-20(2)7-6-8-21(3)25-11-12-26-24-10-9-22-19-23(35-29(34)14-13-28(32)33)15-17-30(22,4)27(24)16-18-31(25,26)5/h9,20-21,23-27H,6-8,10-19H2,1-5H3,(H,32,33)/t21-,23+,24+,25-,26+,27+,30+,31?/m1/s1. The van der Waals surface area contributed by atoms with Crippen molar-refractivity contribution in [1.29, 1.82) is 0 Å². The van der Waals surface area contributed by atoms with Crippen LogP contribution in [-0.2, 0) is 14.3 Å². The number of esters is 1. The van der Waals surface area contributed by atoms with Crippen LogP contribution in [0.2, 0.25) is 0 Å². The van der Waals surface area contributed by atoms with Gasteiger partial charge in [0.15, 0.2) is 0 Å². The minimum Gasteiger partial charge on any atom is -0.481 e. The van der Waals surface area contributed by atoms with Crippen molar-refractivity contribution >= 4 is 11.9 Å². The summed E-state index contributed by atoms with van der Waals surface area (Å²) in [5.74, 6) is 3.68. The Hall–Kier alpha value is -1.32. The fourth-order valence-corrected chi connectivity index (χ4v) is 9.21. The first-order valence-corrected chi connectivity index (χ1v) is 14.7. The van der Waals surface area contributed by atoms with E-state index < -0.39 is 5.97 Å². The van der Waals surface area contributed by atoms with E-state index in [1.54, 1.807) is 0 Å². The summed E-state index contributed by atoms with van der Waals surface area (Å²) in [4.78, 5) is 22.9. The predicted octanol–water partition coefficient (Wildman–Crippen LogP) is 7.80. The topological polar surface area (TPSA) is 63.6 Å². The minimum atomic E-state index is -0.942. The summed E-state index contributed by atoms with van der Waals surface area (Å²) in [5, 5.41) is 8.84. The third-order valence-electron chi connectivity index (χ3n) is 11.1. The summed E-state index contributed by atoms with van der Waals surface area (Å²) in [6.07, 6.45) is 16.0. The van der Waals surface area contributed by atoms with Gasteiger partial charge >= 0.3 is 11.9 Å². The van der Waals surface area contributed by atoms with Crippen molar-refractivity contribution in [2.45, 2.75) is 124 Å². The van der Waals surface area contributed by atoms with Gasteiger partial charge in [0.1, 0.15) is 6.10 Å². The molecule has 198 valence electrons. The first kappa shape index (κ1) is 26.7. The highest BCUT2D eigenvalue weighted by atomic mass is 16.5. The largest absolute Gasteiger partial charge is 0.481 e. The third kappa shape index (κ3) is 5.37. The highest BCUT2D eigenvalue weighted by Gasteiger charge is 2.59. The van der Waals surface area contributed by atoms with E-state index in [9.17, 15) is 9.59 Å². The Morgan fingerprint density at radius 3 is 2.51 bits per heavy atom. The van der Waals surface area contributed by atoms with Gasteiger partial charge in [-0.1, -0.05) is 65.5 Å². The molecule has 0 aliphatic heterocycles. The molecule has 0 amide bonds. The molecular weight excluding hydrogens is 436 g/mol. The lowest BCUT2D eigenvalue weighted by Crippen LogP contribution is -2.51. The van der Waals surface area contributed by atoms with Gasteiger partial charge in [0.05, 0.1) is 12.8 Å².